The van der Waals surface area contributed by atoms with Crippen molar-refractivity contribution in [3.05, 3.63) is 52.4 Å². The number of fused-ring (bicyclic) bond motifs is 1. The van der Waals surface area contributed by atoms with E-state index in [1.54, 1.807) is 38.2 Å². The smallest absolute Gasteiger partial charge is 0.265 e. The first-order chi connectivity index (χ1) is 10.9. The zero-order valence-electron chi connectivity index (χ0n) is 12.6. The molecule has 0 unspecified atom stereocenters. The van der Waals surface area contributed by atoms with Crippen molar-refractivity contribution in [1.82, 2.24) is 4.57 Å². The zero-order valence-corrected chi connectivity index (χ0v) is 12.6. The lowest BCUT2D eigenvalue weighted by molar-refractivity contribution is -0.122. The molecule has 1 aromatic heterocycles. The van der Waals surface area contributed by atoms with Crippen molar-refractivity contribution in [2.45, 2.75) is 13.0 Å². The van der Waals surface area contributed by atoms with Gasteiger partial charge in [0.15, 0.2) is 6.10 Å². The highest BCUT2D eigenvalue weighted by Gasteiger charge is 2.23. The van der Waals surface area contributed by atoms with Crippen molar-refractivity contribution in [2.75, 3.05) is 10.6 Å². The number of nitrogens with one attached hydrogen (secondary N) is 2. The average Bonchev–Trinajstić information content (AvgIpc) is 2.51. The Labute approximate surface area is 131 Å². The van der Waals surface area contributed by atoms with E-state index in [9.17, 15) is 14.4 Å². The van der Waals surface area contributed by atoms with E-state index in [2.05, 4.69) is 10.6 Å². The molecule has 1 aromatic carbocycles. The summed E-state index contributed by atoms with van der Waals surface area (Å²) in [6.07, 6.45) is 0.975. The molecule has 0 fully saturated rings. The maximum Gasteiger partial charge on any atom is 0.265 e. The minimum Gasteiger partial charge on any atom is -0.479 e. The maximum absolute atomic E-state index is 12.2. The molecule has 7 nitrogen and oxygen atoms in total. The molecular formula is C16H15N3O4. The first kappa shape index (κ1) is 14.8. The summed E-state index contributed by atoms with van der Waals surface area (Å²) in [7, 11) is 1.61. The molecule has 0 saturated carbocycles. The van der Waals surface area contributed by atoms with Crippen LogP contribution < -0.4 is 20.9 Å². The third-order valence-electron chi connectivity index (χ3n) is 3.53. The summed E-state index contributed by atoms with van der Waals surface area (Å²) in [4.78, 5) is 35.4. The van der Waals surface area contributed by atoms with Gasteiger partial charge in [0, 0.05) is 30.6 Å². The summed E-state index contributed by atoms with van der Waals surface area (Å²) in [6, 6.07) is 7.77. The van der Waals surface area contributed by atoms with Crippen molar-refractivity contribution >= 4 is 23.2 Å². The van der Waals surface area contributed by atoms with E-state index in [0.29, 0.717) is 17.1 Å². The molecular weight excluding hydrogens is 298 g/mol. The number of ether oxygens (including phenoxy) is 1. The number of benzene rings is 1. The molecule has 0 radical (unpaired) electrons. The van der Waals surface area contributed by atoms with Gasteiger partial charge in [-0.15, -0.1) is 0 Å². The second kappa shape index (κ2) is 5.60. The van der Waals surface area contributed by atoms with Crippen LogP contribution in [-0.2, 0) is 11.8 Å². The predicted molar refractivity (Wildman–Crippen MR) is 84.8 cm³/mol. The molecule has 1 aliphatic heterocycles. The Hall–Kier alpha value is -3.09. The molecule has 2 heterocycles. The molecule has 3 rings (SSSR count). The third-order valence-corrected chi connectivity index (χ3v) is 3.53. The summed E-state index contributed by atoms with van der Waals surface area (Å²) in [5.74, 6) is -0.102. The lowest BCUT2D eigenvalue weighted by atomic mass is 10.2. The van der Waals surface area contributed by atoms with Crippen LogP contribution in [0.1, 0.15) is 17.3 Å². The lowest BCUT2D eigenvalue weighted by Gasteiger charge is -2.23. The van der Waals surface area contributed by atoms with Gasteiger partial charge in [0.2, 0.25) is 0 Å². The van der Waals surface area contributed by atoms with Crippen LogP contribution in [-0.4, -0.2) is 22.5 Å². The number of aromatic nitrogens is 1. The first-order valence-electron chi connectivity index (χ1n) is 7.03. The lowest BCUT2D eigenvalue weighted by Crippen LogP contribution is -2.34. The van der Waals surface area contributed by atoms with Gasteiger partial charge in [-0.05, 0) is 31.2 Å². The number of amides is 2. The van der Waals surface area contributed by atoms with Crippen LogP contribution in [0.5, 0.6) is 5.75 Å². The van der Waals surface area contributed by atoms with Crippen LogP contribution in [0.4, 0.5) is 11.4 Å². The summed E-state index contributed by atoms with van der Waals surface area (Å²) in [5, 5.41) is 5.40. The Balaban J connectivity index is 1.82. The highest BCUT2D eigenvalue weighted by atomic mass is 16.5. The second-order valence-electron chi connectivity index (χ2n) is 5.28. The summed E-state index contributed by atoms with van der Waals surface area (Å²) in [5.41, 5.74) is 0.986. The monoisotopic (exact) mass is 313 g/mol. The SMILES string of the molecule is C[C@H]1Oc2ccc(NC(=O)c3ccn(C)c(=O)c3)cc2NC1=O. The molecule has 0 saturated heterocycles. The van der Waals surface area contributed by atoms with Gasteiger partial charge in [0.25, 0.3) is 17.4 Å². The van der Waals surface area contributed by atoms with Crippen molar-refractivity contribution in [2.24, 2.45) is 7.05 Å². The van der Waals surface area contributed by atoms with Gasteiger partial charge >= 0.3 is 0 Å². The van der Waals surface area contributed by atoms with Crippen molar-refractivity contribution in [1.29, 1.82) is 0 Å². The Morgan fingerprint density at radius 3 is 2.78 bits per heavy atom. The third kappa shape index (κ3) is 2.94. The molecule has 0 aliphatic carbocycles. The van der Waals surface area contributed by atoms with Crippen LogP contribution in [0.3, 0.4) is 0 Å². The highest BCUT2D eigenvalue weighted by molar-refractivity contribution is 6.05. The van der Waals surface area contributed by atoms with Crippen LogP contribution in [0.2, 0.25) is 0 Å². The maximum atomic E-state index is 12.2. The highest BCUT2D eigenvalue weighted by Crippen LogP contribution is 2.32. The van der Waals surface area contributed by atoms with E-state index in [-0.39, 0.29) is 17.0 Å². The van der Waals surface area contributed by atoms with Gasteiger partial charge in [-0.2, -0.15) is 0 Å². The predicted octanol–water partition coefficient (Wildman–Crippen LogP) is 1.36. The van der Waals surface area contributed by atoms with E-state index < -0.39 is 12.0 Å². The Morgan fingerprint density at radius 2 is 2.04 bits per heavy atom. The molecule has 23 heavy (non-hydrogen) atoms. The minimum absolute atomic E-state index is 0.243. The number of hydrogen-bond donors (Lipinski definition) is 2. The van der Waals surface area contributed by atoms with E-state index >= 15 is 0 Å². The topological polar surface area (TPSA) is 89.4 Å². The fourth-order valence-electron chi connectivity index (χ4n) is 2.18. The van der Waals surface area contributed by atoms with Crippen molar-refractivity contribution in [3.8, 4) is 5.75 Å². The summed E-state index contributed by atoms with van der Waals surface area (Å²) < 4.78 is 6.83. The van der Waals surface area contributed by atoms with E-state index in [4.69, 9.17) is 4.74 Å². The number of aryl methyl sites for hydroxylation is 1. The molecule has 2 N–H and O–H groups in total. The first-order valence-corrected chi connectivity index (χ1v) is 7.03. The fourth-order valence-corrected chi connectivity index (χ4v) is 2.18. The van der Waals surface area contributed by atoms with Gasteiger partial charge in [0.1, 0.15) is 5.75 Å². The van der Waals surface area contributed by atoms with Crippen LogP contribution in [0.25, 0.3) is 0 Å². The molecule has 0 spiro atoms. The van der Waals surface area contributed by atoms with Crippen molar-refractivity contribution in [3.63, 3.8) is 0 Å². The van der Waals surface area contributed by atoms with Gasteiger partial charge in [-0.1, -0.05) is 0 Å². The molecule has 1 aliphatic rings. The van der Waals surface area contributed by atoms with Crippen LogP contribution in [0, 0.1) is 0 Å². The van der Waals surface area contributed by atoms with Gasteiger partial charge < -0.3 is 19.9 Å². The van der Waals surface area contributed by atoms with E-state index in [0.717, 1.165) is 0 Å². The fraction of sp³-hybridized carbons (Fsp3) is 0.188. The van der Waals surface area contributed by atoms with E-state index in [1.807, 2.05) is 0 Å². The van der Waals surface area contributed by atoms with Crippen molar-refractivity contribution < 1.29 is 14.3 Å². The number of anilines is 2. The largest absolute Gasteiger partial charge is 0.479 e. The Kier molecular flexibility index (Phi) is 3.61. The number of hydrogen-bond acceptors (Lipinski definition) is 4. The molecule has 118 valence electrons. The minimum atomic E-state index is -0.552. The van der Waals surface area contributed by atoms with Crippen LogP contribution in [0.15, 0.2) is 41.3 Å². The molecule has 1 atom stereocenters. The summed E-state index contributed by atoms with van der Waals surface area (Å²) in [6.45, 7) is 1.66. The molecule has 7 heteroatoms. The normalized spacial score (nSPS) is 16.1. The quantitative estimate of drug-likeness (QED) is 0.876. The summed E-state index contributed by atoms with van der Waals surface area (Å²) >= 11 is 0. The second-order valence-corrected chi connectivity index (χ2v) is 5.28. The van der Waals surface area contributed by atoms with Gasteiger partial charge in [-0.3, -0.25) is 14.4 Å². The number of rotatable bonds is 2. The molecule has 2 aromatic rings. The van der Waals surface area contributed by atoms with Gasteiger partial charge in [-0.25, -0.2) is 0 Å². The number of nitrogens with zero attached hydrogens (tertiary/aromatic N) is 1. The standard InChI is InChI=1S/C16H15N3O4/c1-9-15(21)18-12-8-11(3-4-13(12)23-9)17-16(22)10-5-6-19(2)14(20)7-10/h3-9H,1-2H3,(H,17,22)(H,18,21)/t9-/m1/s1. The number of carbonyl (C=O) groups is 2. The van der Waals surface area contributed by atoms with Gasteiger partial charge in [0.05, 0.1) is 5.69 Å². The van der Waals surface area contributed by atoms with E-state index in [1.165, 1.54) is 16.8 Å². The molecule has 0 bridgehead atoms. The Bertz CT molecular complexity index is 857. The molecule has 2 amide bonds. The zero-order chi connectivity index (χ0) is 16.6. The average molecular weight is 313 g/mol. The Morgan fingerprint density at radius 1 is 1.26 bits per heavy atom. The number of carbonyl (C=O) groups excluding carboxylic acids is 2. The van der Waals surface area contributed by atoms with Crippen LogP contribution >= 0.6 is 0 Å². The number of pyridine rings is 1.